The number of nitrogens with zero attached hydrogens (tertiary/aromatic N) is 2. The predicted octanol–water partition coefficient (Wildman–Crippen LogP) is 2.12. The van der Waals surface area contributed by atoms with E-state index < -0.39 is 18.0 Å². The maximum Gasteiger partial charge on any atom is 0.399 e. The molecule has 1 heterocycles. The van der Waals surface area contributed by atoms with Crippen molar-refractivity contribution in [2.24, 2.45) is 5.92 Å². The van der Waals surface area contributed by atoms with Crippen molar-refractivity contribution in [3.8, 4) is 0 Å². The molecule has 1 aromatic rings. The Morgan fingerprint density at radius 3 is 2.00 bits per heavy atom. The van der Waals surface area contributed by atoms with Gasteiger partial charge in [0.05, 0.1) is 0 Å². The van der Waals surface area contributed by atoms with Crippen LogP contribution < -0.4 is 11.5 Å². The van der Waals surface area contributed by atoms with Crippen molar-refractivity contribution in [1.29, 1.82) is 0 Å². The zero-order chi connectivity index (χ0) is 11.9. The summed E-state index contributed by atoms with van der Waals surface area (Å²) in [4.78, 5) is 7.26. The van der Waals surface area contributed by atoms with E-state index in [2.05, 4.69) is 9.97 Å². The molecule has 4 N–H and O–H groups in total. The molecule has 1 atom stereocenters. The maximum absolute atomic E-state index is 12.8. The molecule has 1 aliphatic carbocycles. The fraction of sp³-hybridized carbons (Fsp3) is 0.556. The number of hydrogen-bond donors (Lipinski definition) is 2. The molecule has 96 valence electrons. The van der Waals surface area contributed by atoms with Crippen LogP contribution in [0.2, 0.25) is 0 Å². The molecule has 0 aliphatic heterocycles. The lowest BCUT2D eigenvalue weighted by molar-refractivity contribution is -0.156. The highest BCUT2D eigenvalue weighted by atomic mass is 35.5. The summed E-state index contributed by atoms with van der Waals surface area (Å²) in [5.74, 6) is -2.44. The summed E-state index contributed by atoms with van der Waals surface area (Å²) in [7, 11) is 0. The van der Waals surface area contributed by atoms with Crippen LogP contribution >= 0.6 is 12.4 Å². The quantitative estimate of drug-likeness (QED) is 0.861. The molecule has 8 heteroatoms. The molecule has 1 saturated carbocycles. The zero-order valence-electron chi connectivity index (χ0n) is 8.74. The van der Waals surface area contributed by atoms with Crippen LogP contribution in [0.3, 0.4) is 0 Å². The number of nitrogens with two attached hydrogens (primary N) is 2. The van der Waals surface area contributed by atoms with Gasteiger partial charge in [0, 0.05) is 6.07 Å². The van der Waals surface area contributed by atoms with E-state index in [0.717, 1.165) is 0 Å². The van der Waals surface area contributed by atoms with Gasteiger partial charge in [0.15, 0.2) is 0 Å². The van der Waals surface area contributed by atoms with E-state index in [0.29, 0.717) is 12.8 Å². The predicted molar refractivity (Wildman–Crippen MR) is 59.6 cm³/mol. The summed E-state index contributed by atoms with van der Waals surface area (Å²) in [6, 6.07) is 1.24. The lowest BCUT2D eigenvalue weighted by Crippen LogP contribution is -2.25. The first-order valence-corrected chi connectivity index (χ1v) is 4.84. The first-order chi connectivity index (χ1) is 7.38. The second kappa shape index (κ2) is 4.56. The van der Waals surface area contributed by atoms with Crippen molar-refractivity contribution in [3.05, 3.63) is 11.9 Å². The highest BCUT2D eigenvalue weighted by molar-refractivity contribution is 5.85. The molecule has 17 heavy (non-hydrogen) atoms. The number of hydrogen-bond acceptors (Lipinski definition) is 4. The van der Waals surface area contributed by atoms with Gasteiger partial charge in [0.2, 0.25) is 0 Å². The van der Waals surface area contributed by atoms with Gasteiger partial charge in [-0.3, -0.25) is 0 Å². The SMILES string of the molecule is Cl.Nc1cc(N)nc(C(C2CC2)C(F)(F)F)n1. The van der Waals surface area contributed by atoms with Gasteiger partial charge in [-0.05, 0) is 18.8 Å². The maximum atomic E-state index is 12.8. The minimum absolute atomic E-state index is 0. The van der Waals surface area contributed by atoms with Crippen molar-refractivity contribution < 1.29 is 13.2 Å². The van der Waals surface area contributed by atoms with Crippen molar-refractivity contribution in [1.82, 2.24) is 9.97 Å². The van der Waals surface area contributed by atoms with Crippen LogP contribution in [0.5, 0.6) is 0 Å². The summed E-state index contributed by atoms with van der Waals surface area (Å²) in [6.07, 6.45) is -3.26. The van der Waals surface area contributed by atoms with Gasteiger partial charge in [0.1, 0.15) is 23.4 Å². The Balaban J connectivity index is 0.00000144. The van der Waals surface area contributed by atoms with Crippen molar-refractivity contribution in [2.45, 2.75) is 24.9 Å². The largest absolute Gasteiger partial charge is 0.399 e. The van der Waals surface area contributed by atoms with Gasteiger partial charge in [-0.15, -0.1) is 12.4 Å². The average molecular weight is 269 g/mol. The summed E-state index contributed by atoms with van der Waals surface area (Å²) in [5.41, 5.74) is 10.7. The average Bonchev–Trinajstić information content (AvgIpc) is 2.83. The summed E-state index contributed by atoms with van der Waals surface area (Å²) in [5, 5.41) is 0. The molecule has 1 aromatic heterocycles. The molecule has 1 aliphatic rings. The van der Waals surface area contributed by atoms with E-state index in [-0.39, 0.29) is 29.9 Å². The Morgan fingerprint density at radius 1 is 1.18 bits per heavy atom. The standard InChI is InChI=1S/C9H11F3N4.ClH/c10-9(11,12)7(4-1-2-4)8-15-5(13)3-6(14)16-8;/h3-4,7H,1-2H2,(H4,13,14,15,16);1H. The number of anilines is 2. The minimum Gasteiger partial charge on any atom is -0.384 e. The summed E-state index contributed by atoms with van der Waals surface area (Å²) >= 11 is 0. The van der Waals surface area contributed by atoms with E-state index >= 15 is 0 Å². The Hall–Kier alpha value is -1.24. The molecule has 1 fully saturated rings. The lowest BCUT2D eigenvalue weighted by Gasteiger charge is -2.18. The highest BCUT2D eigenvalue weighted by Gasteiger charge is 2.51. The number of alkyl halides is 3. The molecule has 0 bridgehead atoms. The number of nitrogen functional groups attached to an aromatic ring is 2. The number of rotatable bonds is 2. The number of halogens is 4. The second-order valence-corrected chi connectivity index (χ2v) is 3.93. The van der Waals surface area contributed by atoms with E-state index in [1.54, 1.807) is 0 Å². The van der Waals surface area contributed by atoms with E-state index in [1.807, 2.05) is 0 Å². The molecular formula is C9H12ClF3N4. The molecular weight excluding hydrogens is 257 g/mol. The normalized spacial score (nSPS) is 17.4. The van der Waals surface area contributed by atoms with Crippen molar-refractivity contribution in [2.75, 3.05) is 11.5 Å². The van der Waals surface area contributed by atoms with Gasteiger partial charge in [-0.1, -0.05) is 0 Å². The second-order valence-electron chi connectivity index (χ2n) is 3.93. The van der Waals surface area contributed by atoms with Crippen LogP contribution in [0.25, 0.3) is 0 Å². The molecule has 0 amide bonds. The summed E-state index contributed by atoms with van der Waals surface area (Å²) < 4.78 is 38.4. The Labute approximate surface area is 102 Å². The molecule has 0 spiro atoms. The first kappa shape index (κ1) is 13.8. The smallest absolute Gasteiger partial charge is 0.384 e. The van der Waals surface area contributed by atoms with Gasteiger partial charge >= 0.3 is 6.18 Å². The first-order valence-electron chi connectivity index (χ1n) is 4.84. The molecule has 1 unspecified atom stereocenters. The fourth-order valence-corrected chi connectivity index (χ4v) is 1.70. The van der Waals surface area contributed by atoms with Crippen LogP contribution in [-0.2, 0) is 0 Å². The molecule has 4 nitrogen and oxygen atoms in total. The third-order valence-corrected chi connectivity index (χ3v) is 2.51. The molecule has 0 saturated heterocycles. The van der Waals surface area contributed by atoms with Gasteiger partial charge in [0.25, 0.3) is 0 Å². The monoisotopic (exact) mass is 268 g/mol. The van der Waals surface area contributed by atoms with E-state index in [9.17, 15) is 13.2 Å². The van der Waals surface area contributed by atoms with Crippen molar-refractivity contribution in [3.63, 3.8) is 0 Å². The van der Waals surface area contributed by atoms with Crippen LogP contribution in [0.1, 0.15) is 24.6 Å². The van der Waals surface area contributed by atoms with Crippen molar-refractivity contribution >= 4 is 24.0 Å². The van der Waals surface area contributed by atoms with E-state index in [1.165, 1.54) is 6.07 Å². The topological polar surface area (TPSA) is 77.8 Å². The third kappa shape index (κ3) is 3.12. The van der Waals surface area contributed by atoms with Gasteiger partial charge in [-0.2, -0.15) is 13.2 Å². The number of aromatic nitrogens is 2. The molecule has 0 aromatic carbocycles. The lowest BCUT2D eigenvalue weighted by atomic mass is 10.0. The van der Waals surface area contributed by atoms with Crippen LogP contribution in [-0.4, -0.2) is 16.1 Å². The Morgan fingerprint density at radius 2 is 1.65 bits per heavy atom. The van der Waals surface area contributed by atoms with Crippen LogP contribution in [0.15, 0.2) is 6.07 Å². The highest BCUT2D eigenvalue weighted by Crippen LogP contribution is 2.50. The Kier molecular flexibility index (Phi) is 3.71. The zero-order valence-corrected chi connectivity index (χ0v) is 9.55. The van der Waals surface area contributed by atoms with E-state index in [4.69, 9.17) is 11.5 Å². The van der Waals surface area contributed by atoms with Gasteiger partial charge < -0.3 is 11.5 Å². The van der Waals surface area contributed by atoms with Crippen LogP contribution in [0.4, 0.5) is 24.8 Å². The third-order valence-electron chi connectivity index (χ3n) is 2.51. The van der Waals surface area contributed by atoms with Crippen LogP contribution in [0, 0.1) is 5.92 Å². The molecule has 0 radical (unpaired) electrons. The molecule has 2 rings (SSSR count). The Bertz CT molecular complexity index is 385. The fourth-order valence-electron chi connectivity index (χ4n) is 1.70. The van der Waals surface area contributed by atoms with Gasteiger partial charge in [-0.25, -0.2) is 9.97 Å². The summed E-state index contributed by atoms with van der Waals surface area (Å²) in [6.45, 7) is 0. The minimum atomic E-state index is -4.35.